The number of ether oxygens (including phenoxy) is 1. The minimum Gasteiger partial charge on any atom is -0.396 e. The third-order valence-electron chi connectivity index (χ3n) is 2.83. The second kappa shape index (κ2) is 5.69. The van der Waals surface area contributed by atoms with E-state index < -0.39 is 0 Å². The van der Waals surface area contributed by atoms with Gasteiger partial charge in [-0.3, -0.25) is 0 Å². The molecule has 17 heavy (non-hydrogen) atoms. The van der Waals surface area contributed by atoms with E-state index in [-0.39, 0.29) is 17.8 Å². The molecule has 1 aliphatic rings. The number of hydrogen-bond acceptors (Lipinski definition) is 3. The Kier molecular flexibility index (Phi) is 4.47. The van der Waals surface area contributed by atoms with Gasteiger partial charge in [0.2, 0.25) is 0 Å². The molecule has 2 nitrogen and oxygen atoms in total. The first-order valence-electron chi connectivity index (χ1n) is 5.35. The van der Waals surface area contributed by atoms with Crippen molar-refractivity contribution in [3.8, 4) is 0 Å². The number of aliphatic hydroxyl groups excluding tert-OH is 1. The summed E-state index contributed by atoms with van der Waals surface area (Å²) in [5.41, 5.74) is 0.869. The zero-order chi connectivity index (χ0) is 12.3. The van der Waals surface area contributed by atoms with Gasteiger partial charge in [0.15, 0.2) is 0 Å². The van der Waals surface area contributed by atoms with E-state index in [2.05, 4.69) is 15.9 Å². The number of halogens is 2. The smallest absolute Gasteiger partial charge is 0.123 e. The van der Waals surface area contributed by atoms with Gasteiger partial charge in [0.05, 0.1) is 19.8 Å². The molecule has 5 heteroatoms. The Morgan fingerprint density at radius 1 is 1.47 bits per heavy atom. The lowest BCUT2D eigenvalue weighted by Gasteiger charge is -2.39. The molecule has 0 unspecified atom stereocenters. The standard InChI is InChI=1S/C12H14BrFO2S/c13-11-2-1-10(14)3-9(11)4-17-8-12(5-15)6-16-7-12/h1-3,15H,4-8H2. The summed E-state index contributed by atoms with van der Waals surface area (Å²) < 4.78 is 19.1. The zero-order valence-corrected chi connectivity index (χ0v) is 11.7. The van der Waals surface area contributed by atoms with E-state index in [1.807, 2.05) is 0 Å². The second-order valence-electron chi connectivity index (χ2n) is 4.38. The van der Waals surface area contributed by atoms with Crippen LogP contribution in [0.15, 0.2) is 22.7 Å². The summed E-state index contributed by atoms with van der Waals surface area (Å²) in [5, 5.41) is 9.27. The quantitative estimate of drug-likeness (QED) is 0.904. The largest absolute Gasteiger partial charge is 0.396 e. The monoisotopic (exact) mass is 320 g/mol. The Balaban J connectivity index is 1.87. The van der Waals surface area contributed by atoms with E-state index in [1.165, 1.54) is 6.07 Å². The highest BCUT2D eigenvalue weighted by Crippen LogP contribution is 2.33. The Morgan fingerprint density at radius 2 is 2.24 bits per heavy atom. The predicted molar refractivity (Wildman–Crippen MR) is 70.6 cm³/mol. The highest BCUT2D eigenvalue weighted by atomic mass is 79.9. The third-order valence-corrected chi connectivity index (χ3v) is 4.93. The number of thioether (sulfide) groups is 1. The molecule has 0 saturated carbocycles. The molecule has 0 bridgehead atoms. The number of hydrogen-bond donors (Lipinski definition) is 1. The van der Waals surface area contributed by atoms with Crippen molar-refractivity contribution in [3.63, 3.8) is 0 Å². The molecule has 1 aromatic carbocycles. The van der Waals surface area contributed by atoms with Gasteiger partial charge in [-0.25, -0.2) is 4.39 Å². The van der Waals surface area contributed by atoms with Crippen molar-refractivity contribution in [3.05, 3.63) is 34.1 Å². The van der Waals surface area contributed by atoms with E-state index >= 15 is 0 Å². The minimum atomic E-state index is -0.215. The zero-order valence-electron chi connectivity index (χ0n) is 9.29. The number of aliphatic hydroxyl groups is 1. The molecule has 1 aliphatic heterocycles. The molecule has 0 atom stereocenters. The van der Waals surface area contributed by atoms with Crippen LogP contribution in [0, 0.1) is 11.2 Å². The van der Waals surface area contributed by atoms with Crippen LogP contribution in [0.5, 0.6) is 0 Å². The summed E-state index contributed by atoms with van der Waals surface area (Å²) >= 11 is 5.11. The highest BCUT2D eigenvalue weighted by Gasteiger charge is 2.37. The van der Waals surface area contributed by atoms with E-state index in [9.17, 15) is 9.50 Å². The van der Waals surface area contributed by atoms with Crippen LogP contribution in [0.25, 0.3) is 0 Å². The topological polar surface area (TPSA) is 29.5 Å². The lowest BCUT2D eigenvalue weighted by atomic mass is 9.90. The van der Waals surface area contributed by atoms with Crippen LogP contribution < -0.4 is 0 Å². The molecule has 0 spiro atoms. The maximum atomic E-state index is 13.1. The van der Waals surface area contributed by atoms with Gasteiger partial charge in [-0.2, -0.15) is 11.8 Å². The lowest BCUT2D eigenvalue weighted by molar-refractivity contribution is -0.121. The molecular formula is C12H14BrFO2S. The molecular weight excluding hydrogens is 307 g/mol. The SMILES string of the molecule is OCC1(CSCc2cc(F)ccc2Br)COC1. The van der Waals surface area contributed by atoms with Crippen molar-refractivity contribution < 1.29 is 14.2 Å². The maximum absolute atomic E-state index is 13.1. The fraction of sp³-hybridized carbons (Fsp3) is 0.500. The van der Waals surface area contributed by atoms with Gasteiger partial charge >= 0.3 is 0 Å². The normalized spacial score (nSPS) is 17.8. The first-order chi connectivity index (χ1) is 8.15. The summed E-state index contributed by atoms with van der Waals surface area (Å²) in [6.45, 7) is 1.41. The number of rotatable bonds is 5. The van der Waals surface area contributed by atoms with Crippen molar-refractivity contribution in [2.24, 2.45) is 5.41 Å². The van der Waals surface area contributed by atoms with Gasteiger partial charge in [-0.05, 0) is 23.8 Å². The van der Waals surface area contributed by atoms with E-state index in [0.29, 0.717) is 13.2 Å². The van der Waals surface area contributed by atoms with Gasteiger partial charge in [0.1, 0.15) is 5.82 Å². The molecule has 0 radical (unpaired) electrons. The summed E-state index contributed by atoms with van der Waals surface area (Å²) in [4.78, 5) is 0. The van der Waals surface area contributed by atoms with E-state index in [1.54, 1.807) is 23.9 Å². The van der Waals surface area contributed by atoms with Crippen molar-refractivity contribution in [2.45, 2.75) is 5.75 Å². The Hall–Kier alpha value is -0.100. The van der Waals surface area contributed by atoms with Gasteiger partial charge in [-0.1, -0.05) is 15.9 Å². The maximum Gasteiger partial charge on any atom is 0.123 e. The minimum absolute atomic E-state index is 0.0789. The molecule has 1 saturated heterocycles. The molecule has 0 aliphatic carbocycles. The lowest BCUT2D eigenvalue weighted by Crippen LogP contribution is -2.47. The van der Waals surface area contributed by atoms with Crippen LogP contribution in [0.2, 0.25) is 0 Å². The summed E-state index contributed by atoms with van der Waals surface area (Å²) in [7, 11) is 0. The van der Waals surface area contributed by atoms with Crippen molar-refractivity contribution >= 4 is 27.7 Å². The predicted octanol–water partition coefficient (Wildman–Crippen LogP) is 2.83. The molecule has 1 fully saturated rings. The summed E-state index contributed by atoms with van der Waals surface area (Å²) in [6.07, 6.45) is 0. The second-order valence-corrected chi connectivity index (χ2v) is 6.22. The van der Waals surface area contributed by atoms with Crippen LogP contribution in [-0.2, 0) is 10.5 Å². The molecule has 0 aromatic heterocycles. The fourth-order valence-corrected chi connectivity index (χ4v) is 3.47. The summed E-state index contributed by atoms with van der Waals surface area (Å²) in [6, 6.07) is 4.70. The molecule has 94 valence electrons. The average Bonchev–Trinajstić information content (AvgIpc) is 2.27. The first kappa shape index (κ1) is 13.3. The molecule has 0 amide bonds. The van der Waals surface area contributed by atoms with Crippen LogP contribution in [0.3, 0.4) is 0 Å². The Bertz CT molecular complexity index is 391. The van der Waals surface area contributed by atoms with Crippen LogP contribution in [0.4, 0.5) is 4.39 Å². The molecule has 1 N–H and O–H groups in total. The Labute approximate surface area is 113 Å². The van der Waals surface area contributed by atoms with Crippen molar-refractivity contribution in [1.29, 1.82) is 0 Å². The number of benzene rings is 1. The van der Waals surface area contributed by atoms with Gasteiger partial charge in [0, 0.05) is 21.4 Å². The van der Waals surface area contributed by atoms with Gasteiger partial charge in [-0.15, -0.1) is 0 Å². The fourth-order valence-electron chi connectivity index (χ4n) is 1.64. The van der Waals surface area contributed by atoms with E-state index in [4.69, 9.17) is 4.74 Å². The van der Waals surface area contributed by atoms with Crippen LogP contribution >= 0.6 is 27.7 Å². The molecule has 1 heterocycles. The average molecular weight is 321 g/mol. The third kappa shape index (κ3) is 3.22. The first-order valence-corrected chi connectivity index (χ1v) is 7.30. The molecule has 2 rings (SSSR count). The van der Waals surface area contributed by atoms with Crippen molar-refractivity contribution in [2.75, 3.05) is 25.6 Å². The van der Waals surface area contributed by atoms with Gasteiger partial charge < -0.3 is 9.84 Å². The highest BCUT2D eigenvalue weighted by molar-refractivity contribution is 9.10. The van der Waals surface area contributed by atoms with Gasteiger partial charge in [0.25, 0.3) is 0 Å². The van der Waals surface area contributed by atoms with Crippen LogP contribution in [-0.4, -0.2) is 30.7 Å². The van der Waals surface area contributed by atoms with Crippen molar-refractivity contribution in [1.82, 2.24) is 0 Å². The Morgan fingerprint density at radius 3 is 2.82 bits per heavy atom. The van der Waals surface area contributed by atoms with Crippen LogP contribution in [0.1, 0.15) is 5.56 Å². The molecule has 1 aromatic rings. The summed E-state index contributed by atoms with van der Waals surface area (Å²) in [5.74, 6) is 1.36. The van der Waals surface area contributed by atoms with E-state index in [0.717, 1.165) is 21.5 Å².